The highest BCUT2D eigenvalue weighted by atomic mass is 32.2. The molecule has 1 saturated carbocycles. The first-order valence-electron chi connectivity index (χ1n) is 13.6. The number of nitrogens with one attached hydrogen (secondary N) is 3. The smallest absolute Gasteiger partial charge is 0.243 e. The molecular formula is C31H33N5O5S. The molecule has 0 aliphatic heterocycles. The largest absolute Gasteiger partial charge is 0.497 e. The summed E-state index contributed by atoms with van der Waals surface area (Å²) in [5.74, 6) is 1.43. The lowest BCUT2D eigenvalue weighted by atomic mass is 9.81. The van der Waals surface area contributed by atoms with Crippen LogP contribution < -0.4 is 25.4 Å². The topological polar surface area (TPSA) is 132 Å². The number of methoxy groups -OCH3 is 2. The molecule has 1 aliphatic carbocycles. The number of carbonyl (C=O) groups excluding carboxylic acids is 2. The van der Waals surface area contributed by atoms with Crippen LogP contribution in [0.2, 0.25) is 0 Å². The van der Waals surface area contributed by atoms with Crippen molar-refractivity contribution in [2.24, 2.45) is 5.92 Å². The van der Waals surface area contributed by atoms with Crippen molar-refractivity contribution in [1.82, 2.24) is 15.3 Å². The van der Waals surface area contributed by atoms with Crippen molar-refractivity contribution in [1.29, 1.82) is 0 Å². The summed E-state index contributed by atoms with van der Waals surface area (Å²) in [6.07, 6.45) is 2.35. The van der Waals surface area contributed by atoms with E-state index in [9.17, 15) is 13.8 Å². The number of hydrogen-bond acceptors (Lipinski definition) is 8. The summed E-state index contributed by atoms with van der Waals surface area (Å²) in [5.41, 5.74) is 3.64. The van der Waals surface area contributed by atoms with Gasteiger partial charge in [0.25, 0.3) is 0 Å². The number of ether oxygens (including phenoxy) is 2. The summed E-state index contributed by atoms with van der Waals surface area (Å²) < 4.78 is 24.5. The van der Waals surface area contributed by atoms with Gasteiger partial charge in [0.15, 0.2) is 5.82 Å². The molecule has 3 unspecified atom stereocenters. The third-order valence-corrected chi connectivity index (χ3v) is 9.07. The Kier molecular flexibility index (Phi) is 8.97. The number of hydrogen-bond donors (Lipinski definition) is 3. The van der Waals surface area contributed by atoms with Gasteiger partial charge in [0.2, 0.25) is 11.8 Å². The maximum atomic E-state index is 13.7. The fourth-order valence-corrected chi connectivity index (χ4v) is 6.62. The number of rotatable bonds is 11. The molecule has 1 aliphatic rings. The third kappa shape index (κ3) is 6.85. The molecular weight excluding hydrogens is 554 g/mol. The predicted octanol–water partition coefficient (Wildman–Crippen LogP) is 4.59. The molecule has 10 nitrogen and oxygen atoms in total. The Morgan fingerprint density at radius 1 is 0.905 bits per heavy atom. The van der Waals surface area contributed by atoms with Crippen LogP contribution in [0.25, 0.3) is 11.0 Å². The maximum Gasteiger partial charge on any atom is 0.243 e. The maximum absolute atomic E-state index is 13.7. The van der Waals surface area contributed by atoms with E-state index in [2.05, 4.69) is 16.0 Å². The van der Waals surface area contributed by atoms with Crippen LogP contribution in [0.3, 0.4) is 0 Å². The molecule has 11 heteroatoms. The standard InChI is InChI=1S/C31H33N5O5S/c1-19(37)32-18-30(38)33-21-7-6-8-25(16-21)42(39)29-12-11-20(29)13-28-31(36-27-10-5-4-9-26(27)35-28)34-22-14-23(40-2)17-24(15-22)41-3/h4-10,14-17,20,29H,11-13,18H2,1-3H3,(H,32,37)(H,33,38)(H,34,36). The zero-order valence-corrected chi connectivity index (χ0v) is 24.5. The Hall–Kier alpha value is -4.51. The van der Waals surface area contributed by atoms with Crippen LogP contribution in [0.4, 0.5) is 17.2 Å². The van der Waals surface area contributed by atoms with Crippen molar-refractivity contribution in [2.45, 2.75) is 36.3 Å². The van der Waals surface area contributed by atoms with Gasteiger partial charge in [-0.1, -0.05) is 18.2 Å². The summed E-state index contributed by atoms with van der Waals surface area (Å²) in [4.78, 5) is 33.7. The minimum Gasteiger partial charge on any atom is -0.497 e. The summed E-state index contributed by atoms with van der Waals surface area (Å²) in [5, 5.41) is 8.57. The lowest BCUT2D eigenvalue weighted by Crippen LogP contribution is -2.37. The summed E-state index contributed by atoms with van der Waals surface area (Å²) >= 11 is 0. The van der Waals surface area contributed by atoms with Crippen molar-refractivity contribution in [3.05, 3.63) is 72.4 Å². The molecule has 5 rings (SSSR count). The second-order valence-electron chi connectivity index (χ2n) is 10.1. The van der Waals surface area contributed by atoms with Crippen molar-refractivity contribution >= 4 is 50.8 Å². The van der Waals surface area contributed by atoms with Gasteiger partial charge < -0.3 is 25.4 Å². The van der Waals surface area contributed by atoms with Gasteiger partial charge in [0.05, 0.1) is 48.3 Å². The number of benzene rings is 3. The van der Waals surface area contributed by atoms with E-state index in [0.29, 0.717) is 34.3 Å². The SMILES string of the molecule is COc1cc(Nc2nc3ccccc3nc2CC2CCC2S(=O)c2cccc(NC(=O)CNC(C)=O)c2)cc(OC)c1. The number of para-hydroxylation sites is 2. The second kappa shape index (κ2) is 13.0. The fraction of sp³-hybridized carbons (Fsp3) is 0.290. The zero-order chi connectivity index (χ0) is 29.6. The molecule has 3 aromatic carbocycles. The number of carbonyl (C=O) groups is 2. The van der Waals surface area contributed by atoms with Crippen LogP contribution in [-0.2, 0) is 26.8 Å². The average molecular weight is 588 g/mol. The Labute approximate surface area is 246 Å². The quantitative estimate of drug-likeness (QED) is 0.232. The van der Waals surface area contributed by atoms with Gasteiger partial charge in [0, 0.05) is 46.6 Å². The molecule has 1 fully saturated rings. The van der Waals surface area contributed by atoms with Gasteiger partial charge in [-0.25, -0.2) is 9.97 Å². The molecule has 0 spiro atoms. The minimum absolute atomic E-state index is 0.0617. The van der Waals surface area contributed by atoms with E-state index >= 15 is 0 Å². The van der Waals surface area contributed by atoms with E-state index in [-0.39, 0.29) is 29.5 Å². The number of nitrogens with zero attached hydrogens (tertiary/aromatic N) is 2. The Morgan fingerprint density at radius 2 is 1.62 bits per heavy atom. The molecule has 218 valence electrons. The Balaban J connectivity index is 1.36. The monoisotopic (exact) mass is 587 g/mol. The summed E-state index contributed by atoms with van der Waals surface area (Å²) in [6.45, 7) is 1.23. The van der Waals surface area contributed by atoms with Crippen LogP contribution in [0.1, 0.15) is 25.5 Å². The number of amides is 2. The molecule has 4 aromatic rings. The molecule has 1 heterocycles. The van der Waals surface area contributed by atoms with E-state index in [1.54, 1.807) is 38.5 Å². The summed E-state index contributed by atoms with van der Waals surface area (Å²) in [6, 6.07) is 20.3. The molecule has 1 aromatic heterocycles. The first kappa shape index (κ1) is 29.0. The zero-order valence-electron chi connectivity index (χ0n) is 23.7. The molecule has 0 saturated heterocycles. The lowest BCUT2D eigenvalue weighted by molar-refractivity contribution is -0.122. The second-order valence-corrected chi connectivity index (χ2v) is 11.8. The predicted molar refractivity (Wildman–Crippen MR) is 163 cm³/mol. The number of fused-ring (bicyclic) bond motifs is 1. The normalized spacial score (nSPS) is 16.6. The van der Waals surface area contributed by atoms with Crippen molar-refractivity contribution in [2.75, 3.05) is 31.4 Å². The molecule has 3 atom stereocenters. The van der Waals surface area contributed by atoms with Crippen LogP contribution in [0.15, 0.2) is 71.6 Å². The van der Waals surface area contributed by atoms with E-state index in [0.717, 1.165) is 35.3 Å². The van der Waals surface area contributed by atoms with Crippen LogP contribution in [0, 0.1) is 5.92 Å². The Bertz CT molecular complexity index is 1620. The van der Waals surface area contributed by atoms with Crippen molar-refractivity contribution in [3.8, 4) is 11.5 Å². The minimum atomic E-state index is -1.28. The van der Waals surface area contributed by atoms with Crippen LogP contribution >= 0.6 is 0 Å². The highest BCUT2D eigenvalue weighted by molar-refractivity contribution is 7.85. The van der Waals surface area contributed by atoms with Crippen LogP contribution in [-0.4, -0.2) is 52.0 Å². The van der Waals surface area contributed by atoms with Crippen LogP contribution in [0.5, 0.6) is 11.5 Å². The third-order valence-electron chi connectivity index (χ3n) is 7.18. The van der Waals surface area contributed by atoms with E-state index in [1.807, 2.05) is 42.5 Å². The first-order valence-corrected chi connectivity index (χ1v) is 14.8. The first-order chi connectivity index (χ1) is 20.3. The van der Waals surface area contributed by atoms with Crippen molar-refractivity contribution < 1.29 is 23.3 Å². The highest BCUT2D eigenvalue weighted by Crippen LogP contribution is 2.39. The lowest BCUT2D eigenvalue weighted by Gasteiger charge is -2.36. The van der Waals surface area contributed by atoms with Gasteiger partial charge in [-0.05, 0) is 55.5 Å². The van der Waals surface area contributed by atoms with Gasteiger partial charge in [-0.15, -0.1) is 0 Å². The van der Waals surface area contributed by atoms with Gasteiger partial charge in [-0.2, -0.15) is 0 Å². The molecule has 42 heavy (non-hydrogen) atoms. The van der Waals surface area contributed by atoms with Gasteiger partial charge in [0.1, 0.15) is 11.5 Å². The van der Waals surface area contributed by atoms with E-state index in [4.69, 9.17) is 19.4 Å². The van der Waals surface area contributed by atoms with E-state index < -0.39 is 10.8 Å². The number of anilines is 3. The molecule has 3 N–H and O–H groups in total. The van der Waals surface area contributed by atoms with Gasteiger partial charge >= 0.3 is 0 Å². The molecule has 2 amide bonds. The summed E-state index contributed by atoms with van der Waals surface area (Å²) in [7, 11) is 1.92. The fourth-order valence-electron chi connectivity index (χ4n) is 4.88. The van der Waals surface area contributed by atoms with E-state index in [1.165, 1.54) is 6.92 Å². The van der Waals surface area contributed by atoms with Crippen molar-refractivity contribution in [3.63, 3.8) is 0 Å². The average Bonchev–Trinajstić information content (AvgIpc) is 2.98. The van der Waals surface area contributed by atoms with Gasteiger partial charge in [-0.3, -0.25) is 13.8 Å². The molecule has 0 radical (unpaired) electrons. The number of aromatic nitrogens is 2. The Morgan fingerprint density at radius 3 is 2.26 bits per heavy atom. The highest BCUT2D eigenvalue weighted by Gasteiger charge is 2.37. The molecule has 0 bridgehead atoms.